The number of likely N-dealkylation sites (tertiary alicyclic amines) is 1. The first kappa shape index (κ1) is 14.4. The molecule has 0 aromatic heterocycles. The number of rotatable bonds is 4. The topological polar surface area (TPSA) is 66.8 Å². The molecule has 0 bridgehead atoms. The molecule has 0 radical (unpaired) electrons. The van der Waals surface area contributed by atoms with Gasteiger partial charge < -0.3 is 14.7 Å². The number of aryl methyl sites for hydroxylation is 1. The molecule has 1 aliphatic rings. The van der Waals surface area contributed by atoms with Gasteiger partial charge in [-0.25, -0.2) is 0 Å². The summed E-state index contributed by atoms with van der Waals surface area (Å²) in [6, 6.07) is 5.12. The first-order valence-electron chi connectivity index (χ1n) is 6.70. The molecule has 1 aliphatic heterocycles. The van der Waals surface area contributed by atoms with Crippen LogP contribution < -0.4 is 4.74 Å². The Morgan fingerprint density at radius 3 is 2.80 bits per heavy atom. The average Bonchev–Trinajstić information content (AvgIpc) is 2.85. The van der Waals surface area contributed by atoms with E-state index < -0.39 is 5.97 Å². The maximum Gasteiger partial charge on any atom is 0.305 e. The lowest BCUT2D eigenvalue weighted by Gasteiger charge is -2.24. The summed E-state index contributed by atoms with van der Waals surface area (Å²) >= 11 is 0. The SMILES string of the molecule is COc1ccc(C(=O)N2CCCC2CC(=O)O)c(C)c1. The van der Waals surface area contributed by atoms with Crippen molar-refractivity contribution in [1.82, 2.24) is 4.90 Å². The van der Waals surface area contributed by atoms with Crippen molar-refractivity contribution in [2.45, 2.75) is 32.2 Å². The van der Waals surface area contributed by atoms with Crippen LogP contribution in [0.3, 0.4) is 0 Å². The Labute approximate surface area is 118 Å². The summed E-state index contributed by atoms with van der Waals surface area (Å²) in [6.45, 7) is 2.49. The third-order valence-corrected chi connectivity index (χ3v) is 3.71. The lowest BCUT2D eigenvalue weighted by atomic mass is 10.1. The molecule has 1 unspecified atom stereocenters. The quantitative estimate of drug-likeness (QED) is 0.915. The van der Waals surface area contributed by atoms with Gasteiger partial charge in [-0.1, -0.05) is 0 Å². The third-order valence-electron chi connectivity index (χ3n) is 3.71. The largest absolute Gasteiger partial charge is 0.497 e. The number of amides is 1. The molecule has 5 heteroatoms. The number of methoxy groups -OCH3 is 1. The van der Waals surface area contributed by atoms with Crippen LogP contribution in [-0.2, 0) is 4.79 Å². The van der Waals surface area contributed by atoms with E-state index in [0.717, 1.165) is 18.4 Å². The summed E-state index contributed by atoms with van der Waals surface area (Å²) in [4.78, 5) is 25.1. The molecule has 1 saturated heterocycles. The van der Waals surface area contributed by atoms with Crippen LogP contribution in [0, 0.1) is 6.92 Å². The van der Waals surface area contributed by atoms with Crippen LogP contribution >= 0.6 is 0 Å². The number of carbonyl (C=O) groups excluding carboxylic acids is 1. The third kappa shape index (κ3) is 2.92. The summed E-state index contributed by atoms with van der Waals surface area (Å²) in [7, 11) is 1.58. The second kappa shape index (κ2) is 5.94. The molecular weight excluding hydrogens is 258 g/mol. The van der Waals surface area contributed by atoms with E-state index >= 15 is 0 Å². The fourth-order valence-corrected chi connectivity index (χ4v) is 2.67. The highest BCUT2D eigenvalue weighted by molar-refractivity contribution is 5.96. The Hall–Kier alpha value is -2.04. The molecule has 1 aromatic rings. The predicted octanol–water partition coefficient (Wildman–Crippen LogP) is 2.08. The average molecular weight is 277 g/mol. The van der Waals surface area contributed by atoms with Gasteiger partial charge in [-0.2, -0.15) is 0 Å². The van der Waals surface area contributed by atoms with Crippen molar-refractivity contribution in [3.8, 4) is 5.75 Å². The molecule has 1 amide bonds. The van der Waals surface area contributed by atoms with Crippen LogP contribution in [0.15, 0.2) is 18.2 Å². The number of aliphatic carboxylic acids is 1. The normalized spacial score (nSPS) is 18.1. The molecular formula is C15H19NO4. The van der Waals surface area contributed by atoms with E-state index in [4.69, 9.17) is 9.84 Å². The smallest absolute Gasteiger partial charge is 0.305 e. The molecule has 5 nitrogen and oxygen atoms in total. The summed E-state index contributed by atoms with van der Waals surface area (Å²) < 4.78 is 5.13. The Morgan fingerprint density at radius 1 is 1.45 bits per heavy atom. The fourth-order valence-electron chi connectivity index (χ4n) is 2.67. The highest BCUT2D eigenvalue weighted by Crippen LogP contribution is 2.25. The molecule has 0 saturated carbocycles. The van der Waals surface area contributed by atoms with Gasteiger partial charge in [-0.15, -0.1) is 0 Å². The van der Waals surface area contributed by atoms with Crippen LogP contribution in [-0.4, -0.2) is 41.6 Å². The summed E-state index contributed by atoms with van der Waals surface area (Å²) in [6.07, 6.45) is 1.63. The van der Waals surface area contributed by atoms with Crippen molar-refractivity contribution in [2.75, 3.05) is 13.7 Å². The van der Waals surface area contributed by atoms with Gasteiger partial charge in [-0.05, 0) is 43.5 Å². The number of benzene rings is 1. The molecule has 2 rings (SSSR count). The lowest BCUT2D eigenvalue weighted by molar-refractivity contribution is -0.137. The van der Waals surface area contributed by atoms with Gasteiger partial charge in [0.1, 0.15) is 5.75 Å². The van der Waals surface area contributed by atoms with E-state index in [-0.39, 0.29) is 18.4 Å². The van der Waals surface area contributed by atoms with Gasteiger partial charge in [0.05, 0.1) is 13.5 Å². The number of carbonyl (C=O) groups is 2. The molecule has 1 heterocycles. The van der Waals surface area contributed by atoms with Gasteiger partial charge in [0.2, 0.25) is 0 Å². The minimum atomic E-state index is -0.860. The molecule has 0 spiro atoms. The number of carboxylic acids is 1. The van der Waals surface area contributed by atoms with Crippen LogP contribution in [0.2, 0.25) is 0 Å². The lowest BCUT2D eigenvalue weighted by Crippen LogP contribution is -2.37. The summed E-state index contributed by atoms with van der Waals surface area (Å²) in [5, 5.41) is 8.91. The minimum Gasteiger partial charge on any atom is -0.497 e. The van der Waals surface area contributed by atoms with Crippen molar-refractivity contribution in [2.24, 2.45) is 0 Å². The standard InChI is InChI=1S/C15H19NO4/c1-10-8-12(20-2)5-6-13(10)15(19)16-7-3-4-11(16)9-14(17)18/h5-6,8,11H,3-4,7,9H2,1-2H3,(H,17,18). The van der Waals surface area contributed by atoms with Crippen molar-refractivity contribution in [3.05, 3.63) is 29.3 Å². The van der Waals surface area contributed by atoms with E-state index in [2.05, 4.69) is 0 Å². The van der Waals surface area contributed by atoms with Crippen LogP contribution in [0.1, 0.15) is 35.2 Å². The van der Waals surface area contributed by atoms with Crippen molar-refractivity contribution < 1.29 is 19.4 Å². The zero-order valence-corrected chi connectivity index (χ0v) is 11.8. The minimum absolute atomic E-state index is 0.0148. The van der Waals surface area contributed by atoms with Crippen molar-refractivity contribution in [3.63, 3.8) is 0 Å². The second-order valence-corrected chi connectivity index (χ2v) is 5.07. The maximum absolute atomic E-state index is 12.6. The predicted molar refractivity (Wildman–Crippen MR) is 74.0 cm³/mol. The molecule has 1 aromatic carbocycles. The number of hydrogen-bond acceptors (Lipinski definition) is 3. The Kier molecular flexibility index (Phi) is 4.27. The number of carboxylic acid groups (broad SMARTS) is 1. The van der Waals surface area contributed by atoms with Crippen molar-refractivity contribution >= 4 is 11.9 Å². The van der Waals surface area contributed by atoms with Crippen LogP contribution in [0.25, 0.3) is 0 Å². The maximum atomic E-state index is 12.6. The fraction of sp³-hybridized carbons (Fsp3) is 0.467. The van der Waals surface area contributed by atoms with E-state index in [1.165, 1.54) is 0 Å². The van der Waals surface area contributed by atoms with Gasteiger partial charge in [0.25, 0.3) is 5.91 Å². The summed E-state index contributed by atoms with van der Waals surface area (Å²) in [5.41, 5.74) is 1.46. The molecule has 20 heavy (non-hydrogen) atoms. The molecule has 0 aliphatic carbocycles. The van der Waals surface area contributed by atoms with Crippen LogP contribution in [0.5, 0.6) is 5.75 Å². The van der Waals surface area contributed by atoms with E-state index in [1.54, 1.807) is 24.1 Å². The van der Waals surface area contributed by atoms with Gasteiger partial charge in [-0.3, -0.25) is 9.59 Å². The zero-order valence-electron chi connectivity index (χ0n) is 11.8. The highest BCUT2D eigenvalue weighted by Gasteiger charge is 2.31. The number of ether oxygens (including phenoxy) is 1. The van der Waals surface area contributed by atoms with Crippen molar-refractivity contribution in [1.29, 1.82) is 0 Å². The highest BCUT2D eigenvalue weighted by atomic mass is 16.5. The molecule has 1 fully saturated rings. The van der Waals surface area contributed by atoms with Gasteiger partial charge in [0, 0.05) is 18.2 Å². The zero-order chi connectivity index (χ0) is 14.7. The van der Waals surface area contributed by atoms with Crippen LogP contribution in [0.4, 0.5) is 0 Å². The van der Waals surface area contributed by atoms with Gasteiger partial charge >= 0.3 is 5.97 Å². The second-order valence-electron chi connectivity index (χ2n) is 5.07. The number of nitrogens with zero attached hydrogens (tertiary/aromatic N) is 1. The molecule has 1 N–H and O–H groups in total. The molecule has 1 atom stereocenters. The van der Waals surface area contributed by atoms with E-state index in [1.807, 2.05) is 13.0 Å². The Bertz CT molecular complexity index is 527. The van der Waals surface area contributed by atoms with Gasteiger partial charge in [0.15, 0.2) is 0 Å². The monoisotopic (exact) mass is 277 g/mol. The van der Waals surface area contributed by atoms with E-state index in [0.29, 0.717) is 17.9 Å². The summed E-state index contributed by atoms with van der Waals surface area (Å²) in [5.74, 6) is -0.238. The molecule has 108 valence electrons. The van der Waals surface area contributed by atoms with E-state index in [9.17, 15) is 9.59 Å². The first-order chi connectivity index (χ1) is 9.52. The number of hydrogen-bond donors (Lipinski definition) is 1. The first-order valence-corrected chi connectivity index (χ1v) is 6.70. The Morgan fingerprint density at radius 2 is 2.20 bits per heavy atom. The Balaban J connectivity index is 2.20.